The Kier molecular flexibility index (Phi) is 4.89. The first-order valence-corrected chi connectivity index (χ1v) is 8.63. The third kappa shape index (κ3) is 3.38. The van der Waals surface area contributed by atoms with E-state index in [9.17, 15) is 8.42 Å². The van der Waals surface area contributed by atoms with Gasteiger partial charge in [-0.1, -0.05) is 11.6 Å². The molecule has 0 radical (unpaired) electrons. The minimum Gasteiger partial charge on any atom is -0.328 e. The first-order valence-electron chi connectivity index (χ1n) is 6.81. The first kappa shape index (κ1) is 16.2. The molecule has 7 heteroatoms. The van der Waals surface area contributed by atoms with Gasteiger partial charge in [0.15, 0.2) is 0 Å². The van der Waals surface area contributed by atoms with E-state index in [1.807, 2.05) is 13.0 Å². The molecule has 1 unspecified atom stereocenters. The number of sulfonamides is 1. The quantitative estimate of drug-likeness (QED) is 0.919. The number of nitriles is 1. The molecule has 0 aromatic heterocycles. The van der Waals surface area contributed by atoms with Crippen molar-refractivity contribution in [2.45, 2.75) is 30.7 Å². The molecule has 0 saturated carbocycles. The van der Waals surface area contributed by atoms with E-state index in [0.717, 1.165) is 12.8 Å². The van der Waals surface area contributed by atoms with Crippen LogP contribution in [0.2, 0.25) is 5.02 Å². The molecule has 1 fully saturated rings. The van der Waals surface area contributed by atoms with E-state index >= 15 is 0 Å². The third-order valence-electron chi connectivity index (χ3n) is 3.94. The smallest absolute Gasteiger partial charge is 0.243 e. The van der Waals surface area contributed by atoms with Crippen LogP contribution in [0.3, 0.4) is 0 Å². The Morgan fingerprint density at radius 2 is 2.05 bits per heavy atom. The van der Waals surface area contributed by atoms with E-state index in [1.165, 1.54) is 22.5 Å². The van der Waals surface area contributed by atoms with Crippen molar-refractivity contribution in [2.24, 2.45) is 11.7 Å². The van der Waals surface area contributed by atoms with Crippen LogP contribution in [0.4, 0.5) is 0 Å². The van der Waals surface area contributed by atoms with E-state index in [4.69, 9.17) is 22.6 Å². The number of piperidine rings is 1. The van der Waals surface area contributed by atoms with Gasteiger partial charge in [-0.25, -0.2) is 8.42 Å². The van der Waals surface area contributed by atoms with Crippen molar-refractivity contribution in [3.63, 3.8) is 0 Å². The van der Waals surface area contributed by atoms with Gasteiger partial charge in [0, 0.05) is 19.1 Å². The molecule has 2 N–H and O–H groups in total. The molecule has 1 aliphatic rings. The number of nitrogens with zero attached hydrogens (tertiary/aromatic N) is 2. The van der Waals surface area contributed by atoms with Gasteiger partial charge in [0.1, 0.15) is 6.07 Å². The van der Waals surface area contributed by atoms with Gasteiger partial charge < -0.3 is 5.73 Å². The summed E-state index contributed by atoms with van der Waals surface area (Å²) in [5.74, 6) is 0.358. The largest absolute Gasteiger partial charge is 0.328 e. The Hall–Kier alpha value is -1.13. The van der Waals surface area contributed by atoms with Gasteiger partial charge in [0.05, 0.1) is 15.5 Å². The number of rotatable bonds is 3. The minimum atomic E-state index is -3.58. The molecular weight excluding hydrogens is 310 g/mol. The highest BCUT2D eigenvalue weighted by molar-refractivity contribution is 7.89. The van der Waals surface area contributed by atoms with Crippen LogP contribution in [0.1, 0.15) is 25.3 Å². The van der Waals surface area contributed by atoms with Gasteiger partial charge in [0.25, 0.3) is 0 Å². The molecule has 0 amide bonds. The molecule has 0 aliphatic carbocycles. The fourth-order valence-corrected chi connectivity index (χ4v) is 4.20. The minimum absolute atomic E-state index is 0.0792. The van der Waals surface area contributed by atoms with Gasteiger partial charge in [-0.15, -0.1) is 0 Å². The average Bonchev–Trinajstić information content (AvgIpc) is 2.47. The van der Waals surface area contributed by atoms with Crippen molar-refractivity contribution in [2.75, 3.05) is 13.1 Å². The summed E-state index contributed by atoms with van der Waals surface area (Å²) in [5, 5.41) is 9.21. The number of hydrogen-bond donors (Lipinski definition) is 1. The fourth-order valence-electron chi connectivity index (χ4n) is 2.54. The second-order valence-electron chi connectivity index (χ2n) is 5.35. The third-order valence-corrected chi connectivity index (χ3v) is 6.16. The van der Waals surface area contributed by atoms with Gasteiger partial charge in [0.2, 0.25) is 10.0 Å². The van der Waals surface area contributed by atoms with Crippen molar-refractivity contribution in [1.82, 2.24) is 4.31 Å². The van der Waals surface area contributed by atoms with Gasteiger partial charge in [-0.05, 0) is 43.9 Å². The van der Waals surface area contributed by atoms with Crippen LogP contribution in [0.25, 0.3) is 0 Å². The van der Waals surface area contributed by atoms with E-state index in [2.05, 4.69) is 0 Å². The summed E-state index contributed by atoms with van der Waals surface area (Å²) in [6.07, 6.45) is 1.52. The molecule has 1 aliphatic heterocycles. The van der Waals surface area contributed by atoms with Crippen LogP contribution < -0.4 is 5.73 Å². The number of halogens is 1. The predicted molar refractivity (Wildman–Crippen MR) is 81.3 cm³/mol. The second kappa shape index (κ2) is 6.32. The van der Waals surface area contributed by atoms with E-state index in [0.29, 0.717) is 19.0 Å². The molecule has 1 aromatic carbocycles. The Morgan fingerprint density at radius 3 is 2.57 bits per heavy atom. The molecule has 21 heavy (non-hydrogen) atoms. The number of benzene rings is 1. The van der Waals surface area contributed by atoms with Gasteiger partial charge >= 0.3 is 0 Å². The zero-order valence-electron chi connectivity index (χ0n) is 11.8. The van der Waals surface area contributed by atoms with Crippen molar-refractivity contribution >= 4 is 21.6 Å². The standard InChI is InChI=1S/C14H18ClN3O2S/c1-10(17)11-4-6-18(7-5-11)21(19,20)13-2-3-14(15)12(8-13)9-16/h2-3,8,10-11H,4-7,17H2,1H3. The summed E-state index contributed by atoms with van der Waals surface area (Å²) < 4.78 is 26.6. The fraction of sp³-hybridized carbons (Fsp3) is 0.500. The summed E-state index contributed by atoms with van der Waals surface area (Å²) in [5.41, 5.74) is 6.04. The number of nitrogens with two attached hydrogens (primary N) is 1. The molecule has 1 heterocycles. The highest BCUT2D eigenvalue weighted by atomic mass is 35.5. The van der Waals surface area contributed by atoms with Crippen molar-refractivity contribution in [3.8, 4) is 6.07 Å². The SMILES string of the molecule is CC(N)C1CCN(S(=O)(=O)c2ccc(Cl)c(C#N)c2)CC1. The maximum Gasteiger partial charge on any atom is 0.243 e. The van der Waals surface area contributed by atoms with Gasteiger partial charge in [-0.2, -0.15) is 9.57 Å². The van der Waals surface area contributed by atoms with Crippen LogP contribution in [0.5, 0.6) is 0 Å². The lowest BCUT2D eigenvalue weighted by molar-refractivity contribution is 0.250. The maximum atomic E-state index is 12.6. The second-order valence-corrected chi connectivity index (χ2v) is 7.70. The summed E-state index contributed by atoms with van der Waals surface area (Å²) >= 11 is 5.84. The van der Waals surface area contributed by atoms with E-state index < -0.39 is 10.0 Å². The van der Waals surface area contributed by atoms with E-state index in [-0.39, 0.29) is 21.5 Å². The molecule has 0 bridgehead atoms. The zero-order valence-corrected chi connectivity index (χ0v) is 13.4. The summed E-state index contributed by atoms with van der Waals surface area (Å²) in [6.45, 7) is 2.87. The molecule has 1 saturated heterocycles. The molecular formula is C14H18ClN3O2S. The molecule has 0 spiro atoms. The van der Waals surface area contributed by atoms with Crippen molar-refractivity contribution < 1.29 is 8.42 Å². The van der Waals surface area contributed by atoms with Gasteiger partial charge in [-0.3, -0.25) is 0 Å². The summed E-state index contributed by atoms with van der Waals surface area (Å²) in [6, 6.07) is 6.20. The molecule has 1 atom stereocenters. The Bertz CT molecular complexity index is 659. The number of hydrogen-bond acceptors (Lipinski definition) is 4. The molecule has 1 aromatic rings. The zero-order chi connectivity index (χ0) is 15.6. The maximum absolute atomic E-state index is 12.6. The molecule has 114 valence electrons. The van der Waals surface area contributed by atoms with Crippen LogP contribution in [0.15, 0.2) is 23.1 Å². The van der Waals surface area contributed by atoms with Crippen LogP contribution in [-0.2, 0) is 10.0 Å². The lowest BCUT2D eigenvalue weighted by atomic mass is 9.92. The average molecular weight is 328 g/mol. The molecule has 2 rings (SSSR count). The topological polar surface area (TPSA) is 87.2 Å². The first-order chi connectivity index (χ1) is 9.86. The molecule has 5 nitrogen and oxygen atoms in total. The highest BCUT2D eigenvalue weighted by Gasteiger charge is 2.30. The summed E-state index contributed by atoms with van der Waals surface area (Å²) in [4.78, 5) is 0.114. The predicted octanol–water partition coefficient (Wildman–Crippen LogP) is 1.96. The van der Waals surface area contributed by atoms with Crippen molar-refractivity contribution in [1.29, 1.82) is 5.26 Å². The monoisotopic (exact) mass is 327 g/mol. The lowest BCUT2D eigenvalue weighted by Crippen LogP contribution is -2.42. The van der Waals surface area contributed by atoms with Crippen LogP contribution >= 0.6 is 11.6 Å². The Balaban J connectivity index is 2.22. The highest BCUT2D eigenvalue weighted by Crippen LogP contribution is 2.27. The normalized spacial score (nSPS) is 19.1. The Labute approximate surface area is 130 Å². The van der Waals surface area contributed by atoms with Crippen LogP contribution in [-0.4, -0.2) is 31.9 Å². The summed E-state index contributed by atoms with van der Waals surface area (Å²) in [7, 11) is -3.58. The lowest BCUT2D eigenvalue weighted by Gasteiger charge is -2.32. The Morgan fingerprint density at radius 1 is 1.43 bits per heavy atom. The van der Waals surface area contributed by atoms with E-state index in [1.54, 1.807) is 0 Å². The van der Waals surface area contributed by atoms with Crippen molar-refractivity contribution in [3.05, 3.63) is 28.8 Å². The van der Waals surface area contributed by atoms with Crippen LogP contribution in [0, 0.1) is 17.2 Å².